The number of hydrogen-bond acceptors (Lipinski definition) is 4. The first kappa shape index (κ1) is 36.4. The molecular formula is C39H60O3SSi2. The summed E-state index contributed by atoms with van der Waals surface area (Å²) in [6, 6.07) is 24.6. The number of ether oxygens (including phenoxy) is 1. The van der Waals surface area contributed by atoms with E-state index < -0.39 is 22.2 Å². The Hall–Kier alpha value is -1.42. The van der Waals surface area contributed by atoms with Crippen LogP contribution in [0.3, 0.4) is 0 Å². The predicted molar refractivity (Wildman–Crippen MR) is 199 cm³/mol. The minimum Gasteiger partial charge on any atom is -0.409 e. The SMILES string of the molecule is C=C(Sc1ccccc1)[C@]1(O[Si](CC)(CC)CC)[C@@H]2CC[C@H]1/C(=C\COCc1ccccc1)[C@@H]2O[Si](C(C)C)(C(C)C)C(C)C. The van der Waals surface area contributed by atoms with E-state index >= 15 is 0 Å². The average molecular weight is 665 g/mol. The van der Waals surface area contributed by atoms with Gasteiger partial charge in [-0.05, 0) is 70.9 Å². The number of fused-ring (bicyclic) bond motifs is 2. The Morgan fingerprint density at radius 2 is 1.42 bits per heavy atom. The van der Waals surface area contributed by atoms with E-state index in [1.54, 1.807) is 0 Å². The second-order valence-corrected chi connectivity index (χ2v) is 25.5. The molecule has 0 radical (unpaired) electrons. The van der Waals surface area contributed by atoms with Crippen molar-refractivity contribution in [1.29, 1.82) is 0 Å². The molecule has 6 heteroatoms. The lowest BCUT2D eigenvalue weighted by Gasteiger charge is -2.47. The number of rotatable bonds is 17. The molecule has 4 rings (SSSR count). The highest BCUT2D eigenvalue weighted by molar-refractivity contribution is 8.03. The van der Waals surface area contributed by atoms with Crippen LogP contribution in [0.2, 0.25) is 34.8 Å². The van der Waals surface area contributed by atoms with Gasteiger partial charge in [-0.3, -0.25) is 0 Å². The standard InChI is InChI=1S/C39H60O3SSi2/c1-11-44(12-2,13-3)42-39(32(10)43-34-22-18-15-19-23-34)36-24-25-37(39)38(41-45(29(4)5,30(6)7)31(8)9)35(36)26-27-40-28-33-20-16-14-17-21-33/h14-23,26,29-31,36-38H,10-13,24-25,27-28H2,1-9H3/b35-26+/t36-,37+,38-,39+/m0/s1. The normalized spacial score (nSPS) is 24.4. The largest absolute Gasteiger partial charge is 0.409 e. The maximum Gasteiger partial charge on any atom is 0.201 e. The third kappa shape index (κ3) is 7.22. The Morgan fingerprint density at radius 3 is 1.96 bits per heavy atom. The fourth-order valence-electron chi connectivity index (χ4n) is 8.84. The van der Waals surface area contributed by atoms with E-state index in [1.165, 1.54) is 20.9 Å². The summed E-state index contributed by atoms with van der Waals surface area (Å²) >= 11 is 1.83. The summed E-state index contributed by atoms with van der Waals surface area (Å²) in [5.74, 6) is 0.512. The van der Waals surface area contributed by atoms with Crippen molar-refractivity contribution in [3.05, 3.63) is 89.4 Å². The topological polar surface area (TPSA) is 27.7 Å². The highest BCUT2D eigenvalue weighted by atomic mass is 32.2. The molecule has 2 bridgehead atoms. The Labute approximate surface area is 281 Å². The van der Waals surface area contributed by atoms with Gasteiger partial charge in [0.25, 0.3) is 0 Å². The predicted octanol–water partition coefficient (Wildman–Crippen LogP) is 11.8. The highest BCUT2D eigenvalue weighted by Gasteiger charge is 2.67. The monoisotopic (exact) mass is 664 g/mol. The molecular weight excluding hydrogens is 605 g/mol. The minimum atomic E-state index is -2.19. The number of thioether (sulfide) groups is 1. The van der Waals surface area contributed by atoms with E-state index in [-0.39, 0.29) is 17.9 Å². The number of benzene rings is 2. The van der Waals surface area contributed by atoms with Gasteiger partial charge in [-0.2, -0.15) is 0 Å². The van der Waals surface area contributed by atoms with Gasteiger partial charge in [0, 0.05) is 21.6 Å². The molecule has 2 aliphatic rings. The molecule has 4 atom stereocenters. The Balaban J connectivity index is 1.82. The summed E-state index contributed by atoms with van der Waals surface area (Å²) in [5.41, 5.74) is 3.73. The highest BCUT2D eigenvalue weighted by Crippen LogP contribution is 2.65. The van der Waals surface area contributed by atoms with E-state index in [9.17, 15) is 0 Å². The summed E-state index contributed by atoms with van der Waals surface area (Å²) in [6.45, 7) is 27.6. The Morgan fingerprint density at radius 1 is 0.867 bits per heavy atom. The van der Waals surface area contributed by atoms with Crippen LogP contribution in [0.1, 0.15) is 80.7 Å². The summed E-state index contributed by atoms with van der Waals surface area (Å²) in [7, 11) is -4.21. The quantitative estimate of drug-likeness (QED) is 0.0728. The summed E-state index contributed by atoms with van der Waals surface area (Å²) < 4.78 is 22.0. The van der Waals surface area contributed by atoms with Gasteiger partial charge < -0.3 is 13.6 Å². The van der Waals surface area contributed by atoms with E-state index in [0.717, 1.165) is 31.0 Å². The molecule has 2 saturated carbocycles. The average Bonchev–Trinajstić information content (AvgIpc) is 3.51. The molecule has 2 fully saturated rings. The molecule has 2 aliphatic carbocycles. The molecule has 0 saturated heterocycles. The third-order valence-corrected chi connectivity index (χ3v) is 23.0. The van der Waals surface area contributed by atoms with Crippen LogP contribution < -0.4 is 0 Å². The smallest absolute Gasteiger partial charge is 0.201 e. The summed E-state index contributed by atoms with van der Waals surface area (Å²) in [4.78, 5) is 2.40. The zero-order chi connectivity index (χ0) is 32.8. The third-order valence-electron chi connectivity index (χ3n) is 11.3. The van der Waals surface area contributed by atoms with Crippen LogP contribution in [-0.2, 0) is 20.2 Å². The van der Waals surface area contributed by atoms with E-state index in [2.05, 4.69) is 129 Å². The molecule has 0 aromatic heterocycles. The van der Waals surface area contributed by atoms with Crippen molar-refractivity contribution in [2.45, 2.75) is 133 Å². The molecule has 0 N–H and O–H groups in total. The van der Waals surface area contributed by atoms with Gasteiger partial charge >= 0.3 is 0 Å². The zero-order valence-electron chi connectivity index (χ0n) is 29.6. The van der Waals surface area contributed by atoms with Crippen LogP contribution >= 0.6 is 11.8 Å². The summed E-state index contributed by atoms with van der Waals surface area (Å²) in [6.07, 6.45) is 4.66. The van der Waals surface area contributed by atoms with Crippen molar-refractivity contribution in [3.63, 3.8) is 0 Å². The van der Waals surface area contributed by atoms with Gasteiger partial charge in [0.05, 0.1) is 24.9 Å². The zero-order valence-corrected chi connectivity index (χ0v) is 32.4. The van der Waals surface area contributed by atoms with Crippen LogP contribution in [-0.4, -0.2) is 34.9 Å². The summed E-state index contributed by atoms with van der Waals surface area (Å²) in [5, 5.41) is 0. The molecule has 0 heterocycles. The van der Waals surface area contributed by atoms with Crippen molar-refractivity contribution >= 4 is 28.4 Å². The first-order valence-corrected chi connectivity index (χ1v) is 23.1. The molecule has 0 unspecified atom stereocenters. The van der Waals surface area contributed by atoms with E-state index in [4.69, 9.17) is 20.2 Å². The molecule has 248 valence electrons. The Bertz CT molecular complexity index is 1230. The van der Waals surface area contributed by atoms with Crippen LogP contribution in [0.15, 0.2) is 88.7 Å². The molecule has 2 aromatic carbocycles. The second kappa shape index (κ2) is 15.7. The fourth-order valence-corrected chi connectivity index (χ4v) is 18.6. The lowest BCUT2D eigenvalue weighted by molar-refractivity contribution is 0.0302. The maximum atomic E-state index is 7.86. The van der Waals surface area contributed by atoms with Crippen LogP contribution in [0.5, 0.6) is 0 Å². The van der Waals surface area contributed by atoms with Crippen molar-refractivity contribution in [1.82, 2.24) is 0 Å². The van der Waals surface area contributed by atoms with Gasteiger partial charge in [-0.1, -0.05) is 135 Å². The molecule has 3 nitrogen and oxygen atoms in total. The Kier molecular flexibility index (Phi) is 12.7. The van der Waals surface area contributed by atoms with Crippen molar-refractivity contribution in [2.24, 2.45) is 11.8 Å². The van der Waals surface area contributed by atoms with E-state index in [0.29, 0.717) is 29.8 Å². The second-order valence-electron chi connectivity index (χ2n) is 14.3. The maximum absolute atomic E-state index is 7.86. The molecule has 0 spiro atoms. The van der Waals surface area contributed by atoms with Gasteiger partial charge in [-0.25, -0.2) is 0 Å². The molecule has 0 aliphatic heterocycles. The van der Waals surface area contributed by atoms with Gasteiger partial charge in [0.2, 0.25) is 8.32 Å². The van der Waals surface area contributed by atoms with Crippen LogP contribution in [0, 0.1) is 11.8 Å². The van der Waals surface area contributed by atoms with Crippen molar-refractivity contribution in [2.75, 3.05) is 6.61 Å². The lowest BCUT2D eigenvalue weighted by Crippen LogP contribution is -2.54. The van der Waals surface area contributed by atoms with E-state index in [1.807, 2.05) is 11.8 Å². The van der Waals surface area contributed by atoms with Crippen LogP contribution in [0.25, 0.3) is 0 Å². The lowest BCUT2D eigenvalue weighted by atomic mass is 9.90. The first-order valence-electron chi connectivity index (χ1n) is 17.6. The van der Waals surface area contributed by atoms with Crippen molar-refractivity contribution in [3.8, 4) is 0 Å². The van der Waals surface area contributed by atoms with Gasteiger partial charge in [-0.15, -0.1) is 0 Å². The van der Waals surface area contributed by atoms with Gasteiger partial charge in [0.15, 0.2) is 8.32 Å². The van der Waals surface area contributed by atoms with Crippen molar-refractivity contribution < 1.29 is 13.6 Å². The fraction of sp³-hybridized carbons (Fsp3) is 0.590. The number of hydrogen-bond donors (Lipinski definition) is 0. The molecule has 0 amide bonds. The first-order chi connectivity index (χ1) is 21.5. The molecule has 45 heavy (non-hydrogen) atoms. The molecule has 2 aromatic rings. The van der Waals surface area contributed by atoms with Crippen LogP contribution in [0.4, 0.5) is 0 Å². The minimum absolute atomic E-state index is 0.0355. The van der Waals surface area contributed by atoms with Gasteiger partial charge in [0.1, 0.15) is 0 Å².